The Labute approximate surface area is 91.3 Å². The first-order valence-corrected chi connectivity index (χ1v) is 3.88. The maximum absolute atomic E-state index is 12.9. The van der Waals surface area contributed by atoms with Crippen LogP contribution in [0.3, 0.4) is 0 Å². The second-order valence-electron chi connectivity index (χ2n) is 2.82. The maximum Gasteiger partial charge on any atom is 0.376 e. The third-order valence-corrected chi connectivity index (χ3v) is 1.83. The van der Waals surface area contributed by atoms with Crippen LogP contribution in [0.5, 0.6) is 0 Å². The van der Waals surface area contributed by atoms with E-state index >= 15 is 0 Å². The van der Waals surface area contributed by atoms with Crippen molar-refractivity contribution in [3.63, 3.8) is 0 Å². The van der Waals surface area contributed by atoms with Crippen molar-refractivity contribution < 1.29 is 18.7 Å². The summed E-state index contributed by atoms with van der Waals surface area (Å²) in [5.74, 6) is -6.16. The average molecular weight is 238 g/mol. The minimum atomic E-state index is -3.94. The molecule has 84 valence electrons. The number of benzene rings is 1. The van der Waals surface area contributed by atoms with E-state index in [1.165, 1.54) is 24.3 Å². The molecule has 0 amide bonds. The van der Waals surface area contributed by atoms with Crippen LogP contribution in [0.2, 0.25) is 0 Å². The lowest BCUT2D eigenvalue weighted by atomic mass is 10.0. The number of nitrogens with two attached hydrogens (primary N) is 1. The van der Waals surface area contributed by atoms with E-state index in [9.17, 15) is 13.6 Å². The Morgan fingerprint density at radius 3 is 2.20 bits per heavy atom. The lowest BCUT2D eigenvalue weighted by Crippen LogP contribution is -2.40. The van der Waals surface area contributed by atoms with Crippen LogP contribution in [0.25, 0.3) is 0 Å². The van der Waals surface area contributed by atoms with Crippen molar-refractivity contribution in [1.29, 1.82) is 0 Å². The topological polar surface area (TPSA) is 63.3 Å². The first-order chi connectivity index (χ1) is 6.46. The molecule has 3 N–H and O–H groups in total. The van der Waals surface area contributed by atoms with Crippen molar-refractivity contribution in [2.45, 2.75) is 12.0 Å². The van der Waals surface area contributed by atoms with Gasteiger partial charge < -0.3 is 10.8 Å². The Hall–Kier alpha value is -1.20. The molecule has 0 aromatic heterocycles. The minimum Gasteiger partial charge on any atom is -0.477 e. The van der Waals surface area contributed by atoms with E-state index in [0.717, 1.165) is 0 Å². The molecule has 1 atom stereocenters. The quantitative estimate of drug-likeness (QED) is 0.843. The average Bonchev–Trinajstić information content (AvgIpc) is 2.17. The standard InChI is InChI=1S/C9H9F2NO2.ClH/c10-9(11,8(13)14)7(12)6-4-2-1-3-5-6;/h1-5,7H,12H2,(H,13,14);1H. The molecule has 0 radical (unpaired) electrons. The zero-order valence-electron chi connectivity index (χ0n) is 7.56. The van der Waals surface area contributed by atoms with Crippen LogP contribution in [0.4, 0.5) is 8.78 Å². The summed E-state index contributed by atoms with van der Waals surface area (Å²) in [6.07, 6.45) is 0. The molecule has 1 rings (SSSR count). The molecule has 0 spiro atoms. The first-order valence-electron chi connectivity index (χ1n) is 3.88. The summed E-state index contributed by atoms with van der Waals surface area (Å²) >= 11 is 0. The predicted molar refractivity (Wildman–Crippen MR) is 53.2 cm³/mol. The molecule has 0 aliphatic carbocycles. The highest BCUT2D eigenvalue weighted by atomic mass is 35.5. The maximum atomic E-state index is 12.9. The second kappa shape index (κ2) is 5.04. The summed E-state index contributed by atoms with van der Waals surface area (Å²) in [4.78, 5) is 10.2. The monoisotopic (exact) mass is 237 g/mol. The van der Waals surface area contributed by atoms with Gasteiger partial charge in [0, 0.05) is 0 Å². The molecule has 15 heavy (non-hydrogen) atoms. The summed E-state index contributed by atoms with van der Waals surface area (Å²) in [6.45, 7) is 0. The predicted octanol–water partition coefficient (Wildman–Crippen LogP) is 1.83. The number of hydrogen-bond acceptors (Lipinski definition) is 2. The van der Waals surface area contributed by atoms with E-state index in [0.29, 0.717) is 0 Å². The zero-order valence-corrected chi connectivity index (χ0v) is 8.38. The van der Waals surface area contributed by atoms with Gasteiger partial charge in [-0.3, -0.25) is 0 Å². The lowest BCUT2D eigenvalue weighted by molar-refractivity contribution is -0.168. The Bertz CT molecular complexity index is 332. The number of carbonyl (C=O) groups is 1. The van der Waals surface area contributed by atoms with Gasteiger partial charge in [-0.1, -0.05) is 30.3 Å². The highest BCUT2D eigenvalue weighted by Gasteiger charge is 2.46. The third kappa shape index (κ3) is 2.87. The van der Waals surface area contributed by atoms with Crippen molar-refractivity contribution in [2.75, 3.05) is 0 Å². The highest BCUT2D eigenvalue weighted by Crippen LogP contribution is 2.29. The molecular weight excluding hydrogens is 228 g/mol. The fraction of sp³-hybridized carbons (Fsp3) is 0.222. The highest BCUT2D eigenvalue weighted by molar-refractivity contribution is 5.85. The summed E-state index contributed by atoms with van der Waals surface area (Å²) in [5.41, 5.74) is 5.24. The smallest absolute Gasteiger partial charge is 0.376 e. The summed E-state index contributed by atoms with van der Waals surface area (Å²) in [6, 6.07) is 5.58. The van der Waals surface area contributed by atoms with Gasteiger partial charge in [0.25, 0.3) is 0 Å². The molecule has 1 aromatic carbocycles. The summed E-state index contributed by atoms with van der Waals surface area (Å²) in [7, 11) is 0. The number of carboxylic acid groups (broad SMARTS) is 1. The van der Waals surface area contributed by atoms with Gasteiger partial charge in [-0.2, -0.15) is 8.78 Å². The fourth-order valence-electron chi connectivity index (χ4n) is 1.00. The minimum absolute atomic E-state index is 0. The van der Waals surface area contributed by atoms with Crippen LogP contribution in [-0.2, 0) is 4.79 Å². The van der Waals surface area contributed by atoms with Crippen molar-refractivity contribution in [2.24, 2.45) is 5.73 Å². The molecule has 0 heterocycles. The van der Waals surface area contributed by atoms with Crippen LogP contribution in [-0.4, -0.2) is 17.0 Å². The second-order valence-corrected chi connectivity index (χ2v) is 2.82. The van der Waals surface area contributed by atoms with Crippen LogP contribution in [0.1, 0.15) is 11.6 Å². The van der Waals surface area contributed by atoms with Gasteiger partial charge in [0.1, 0.15) is 6.04 Å². The van der Waals surface area contributed by atoms with Gasteiger partial charge >= 0.3 is 11.9 Å². The molecule has 0 saturated carbocycles. The Morgan fingerprint density at radius 1 is 1.33 bits per heavy atom. The van der Waals surface area contributed by atoms with Gasteiger partial charge in [0.05, 0.1) is 0 Å². The molecule has 6 heteroatoms. The number of alkyl halides is 2. The van der Waals surface area contributed by atoms with E-state index in [-0.39, 0.29) is 18.0 Å². The lowest BCUT2D eigenvalue weighted by Gasteiger charge is -2.19. The van der Waals surface area contributed by atoms with Crippen molar-refractivity contribution >= 4 is 18.4 Å². The number of rotatable bonds is 3. The molecule has 0 bridgehead atoms. The number of halogens is 3. The van der Waals surface area contributed by atoms with Gasteiger partial charge in [-0.05, 0) is 5.56 Å². The van der Waals surface area contributed by atoms with Gasteiger partial charge in [0.2, 0.25) is 0 Å². The van der Waals surface area contributed by atoms with Gasteiger partial charge in [-0.15, -0.1) is 12.4 Å². The Balaban J connectivity index is 0.00000196. The molecule has 0 aliphatic rings. The summed E-state index contributed by atoms with van der Waals surface area (Å²) < 4.78 is 25.8. The fourth-order valence-corrected chi connectivity index (χ4v) is 1.00. The summed E-state index contributed by atoms with van der Waals surface area (Å²) in [5, 5.41) is 8.24. The normalized spacial score (nSPS) is 12.7. The largest absolute Gasteiger partial charge is 0.477 e. The molecular formula is C9H10ClF2NO2. The van der Waals surface area contributed by atoms with Crippen molar-refractivity contribution in [3.8, 4) is 0 Å². The van der Waals surface area contributed by atoms with Crippen molar-refractivity contribution in [3.05, 3.63) is 35.9 Å². The van der Waals surface area contributed by atoms with Crippen LogP contribution >= 0.6 is 12.4 Å². The van der Waals surface area contributed by atoms with Gasteiger partial charge in [0.15, 0.2) is 0 Å². The number of aliphatic carboxylic acids is 1. The van der Waals surface area contributed by atoms with E-state index < -0.39 is 17.9 Å². The zero-order chi connectivity index (χ0) is 10.8. The van der Waals surface area contributed by atoms with E-state index in [2.05, 4.69) is 0 Å². The van der Waals surface area contributed by atoms with Gasteiger partial charge in [-0.25, -0.2) is 4.79 Å². The third-order valence-electron chi connectivity index (χ3n) is 1.83. The number of hydrogen-bond donors (Lipinski definition) is 2. The Kier molecular flexibility index (Phi) is 4.64. The molecule has 0 aliphatic heterocycles. The molecule has 1 aromatic rings. The first kappa shape index (κ1) is 13.8. The SMILES string of the molecule is Cl.NC(c1ccccc1)C(F)(F)C(=O)O. The van der Waals surface area contributed by atoms with Crippen LogP contribution in [0.15, 0.2) is 30.3 Å². The van der Waals surface area contributed by atoms with Crippen LogP contribution in [0, 0.1) is 0 Å². The van der Waals surface area contributed by atoms with E-state index in [1.54, 1.807) is 6.07 Å². The van der Waals surface area contributed by atoms with Crippen molar-refractivity contribution in [1.82, 2.24) is 0 Å². The molecule has 1 unspecified atom stereocenters. The molecule has 3 nitrogen and oxygen atoms in total. The van der Waals surface area contributed by atoms with Crippen LogP contribution < -0.4 is 5.73 Å². The number of carboxylic acids is 1. The Morgan fingerprint density at radius 2 is 1.80 bits per heavy atom. The molecule has 0 saturated heterocycles. The van der Waals surface area contributed by atoms with E-state index in [4.69, 9.17) is 10.8 Å². The van der Waals surface area contributed by atoms with E-state index in [1.807, 2.05) is 0 Å². The molecule has 0 fully saturated rings.